The number of hydrogen-bond donors (Lipinski definition) is 2. The number of carbonyl (C=O) groups is 1. The molecule has 168 valence electrons. The summed E-state index contributed by atoms with van der Waals surface area (Å²) in [6, 6.07) is 7.57. The van der Waals surface area contributed by atoms with E-state index in [9.17, 15) is 4.79 Å². The number of carbonyl (C=O) groups excluding carboxylic acids is 1. The van der Waals surface area contributed by atoms with Gasteiger partial charge in [-0.25, -0.2) is 9.97 Å². The summed E-state index contributed by atoms with van der Waals surface area (Å²) >= 11 is 6.27. The van der Waals surface area contributed by atoms with Crippen LogP contribution < -0.4 is 15.5 Å². The molecule has 0 spiro atoms. The third-order valence-corrected chi connectivity index (χ3v) is 5.84. The van der Waals surface area contributed by atoms with Crippen LogP contribution in [0.3, 0.4) is 0 Å². The van der Waals surface area contributed by atoms with Gasteiger partial charge in [-0.05, 0) is 62.9 Å². The molecule has 0 aromatic carbocycles. The van der Waals surface area contributed by atoms with Crippen LogP contribution in [0.4, 0.5) is 11.6 Å². The van der Waals surface area contributed by atoms with Crippen LogP contribution >= 0.6 is 11.6 Å². The van der Waals surface area contributed by atoms with E-state index in [2.05, 4.69) is 27.6 Å². The second kappa shape index (κ2) is 12.6. The standard InChI is InChI=1S/C18H21ClN4O2.C5H11N/c1-23(11-13-5-7-25-8-6-13)18-4-2-3-16(22-18)14-9-17(21-12-24)20-10-15(14)19;1-2-4-6-5-3-1/h2-4,9-10,12-13H,5-8,11H2,1H3,(H,20,21,24);6H,1-5H2. The van der Waals surface area contributed by atoms with Crippen molar-refractivity contribution in [2.45, 2.75) is 32.1 Å². The van der Waals surface area contributed by atoms with Crippen molar-refractivity contribution in [2.75, 3.05) is 50.1 Å². The van der Waals surface area contributed by atoms with Crippen LogP contribution in [0.1, 0.15) is 32.1 Å². The molecule has 0 saturated carbocycles. The van der Waals surface area contributed by atoms with Crippen LogP contribution in [-0.4, -0.2) is 56.3 Å². The molecule has 0 radical (unpaired) electrons. The van der Waals surface area contributed by atoms with Crippen LogP contribution in [0.2, 0.25) is 5.02 Å². The predicted molar refractivity (Wildman–Crippen MR) is 126 cm³/mol. The normalized spacial score (nSPS) is 16.7. The summed E-state index contributed by atoms with van der Waals surface area (Å²) in [6.45, 7) is 5.12. The largest absolute Gasteiger partial charge is 0.381 e. The van der Waals surface area contributed by atoms with Crippen molar-refractivity contribution in [3.63, 3.8) is 0 Å². The first-order valence-corrected chi connectivity index (χ1v) is 11.4. The SMILES string of the molecule is C1CCNCC1.CN(CC1CCOCC1)c1cccc(-c2cc(NC=O)ncc2Cl)n1. The first-order valence-electron chi connectivity index (χ1n) is 11.0. The van der Waals surface area contributed by atoms with Gasteiger partial charge in [0.2, 0.25) is 6.41 Å². The van der Waals surface area contributed by atoms with Gasteiger partial charge in [0, 0.05) is 38.6 Å². The number of hydrogen-bond acceptors (Lipinski definition) is 6. The van der Waals surface area contributed by atoms with Crippen LogP contribution in [-0.2, 0) is 9.53 Å². The van der Waals surface area contributed by atoms with Crippen molar-refractivity contribution in [3.8, 4) is 11.3 Å². The fraction of sp³-hybridized carbons (Fsp3) is 0.522. The Morgan fingerprint density at radius 2 is 2.03 bits per heavy atom. The molecule has 0 unspecified atom stereocenters. The lowest BCUT2D eigenvalue weighted by Crippen LogP contribution is -2.30. The molecular weight excluding hydrogens is 414 g/mol. The summed E-state index contributed by atoms with van der Waals surface area (Å²) in [4.78, 5) is 21.6. The van der Waals surface area contributed by atoms with Crippen molar-refractivity contribution >= 4 is 29.6 Å². The van der Waals surface area contributed by atoms with Crippen LogP contribution in [0, 0.1) is 5.92 Å². The number of amides is 1. The molecule has 2 aromatic heterocycles. The quantitative estimate of drug-likeness (QED) is 0.654. The second-order valence-electron chi connectivity index (χ2n) is 7.94. The number of aromatic nitrogens is 2. The Morgan fingerprint density at radius 3 is 2.68 bits per heavy atom. The van der Waals surface area contributed by atoms with E-state index in [0.29, 0.717) is 23.2 Å². The van der Waals surface area contributed by atoms with E-state index in [1.54, 1.807) is 6.07 Å². The summed E-state index contributed by atoms with van der Waals surface area (Å²) in [5, 5.41) is 6.31. The molecule has 2 fully saturated rings. The van der Waals surface area contributed by atoms with E-state index in [-0.39, 0.29) is 0 Å². The minimum Gasteiger partial charge on any atom is -0.381 e. The van der Waals surface area contributed by atoms with E-state index in [4.69, 9.17) is 21.3 Å². The van der Waals surface area contributed by atoms with Crippen LogP contribution in [0.15, 0.2) is 30.5 Å². The summed E-state index contributed by atoms with van der Waals surface area (Å²) in [7, 11) is 2.05. The summed E-state index contributed by atoms with van der Waals surface area (Å²) in [5.41, 5.74) is 1.49. The lowest BCUT2D eigenvalue weighted by Gasteiger charge is -2.28. The molecule has 2 aliphatic heterocycles. The fourth-order valence-electron chi connectivity index (χ4n) is 3.77. The number of nitrogens with zero attached hydrogens (tertiary/aromatic N) is 3. The molecule has 4 rings (SSSR count). The molecule has 4 heterocycles. The summed E-state index contributed by atoms with van der Waals surface area (Å²) in [5.74, 6) is 1.95. The van der Waals surface area contributed by atoms with Crippen molar-refractivity contribution in [1.29, 1.82) is 0 Å². The lowest BCUT2D eigenvalue weighted by molar-refractivity contribution is -0.105. The third-order valence-electron chi connectivity index (χ3n) is 5.54. The first-order chi connectivity index (χ1) is 15.2. The number of halogens is 1. The number of piperidine rings is 1. The highest BCUT2D eigenvalue weighted by molar-refractivity contribution is 6.33. The van der Waals surface area contributed by atoms with Crippen molar-refractivity contribution < 1.29 is 9.53 Å². The maximum atomic E-state index is 10.6. The average molecular weight is 446 g/mol. The average Bonchev–Trinajstić information content (AvgIpc) is 2.83. The summed E-state index contributed by atoms with van der Waals surface area (Å²) < 4.78 is 5.42. The van der Waals surface area contributed by atoms with Gasteiger partial charge in [0.05, 0.1) is 10.7 Å². The number of nitrogens with one attached hydrogen (secondary N) is 2. The molecule has 1 amide bonds. The Balaban J connectivity index is 0.000000391. The minimum absolute atomic E-state index is 0.442. The number of pyridine rings is 2. The Hall–Kier alpha value is -2.22. The maximum Gasteiger partial charge on any atom is 0.212 e. The zero-order valence-corrected chi connectivity index (χ0v) is 18.9. The molecule has 2 aliphatic rings. The van der Waals surface area contributed by atoms with Gasteiger partial charge in [0.25, 0.3) is 0 Å². The number of rotatable bonds is 6. The van der Waals surface area contributed by atoms with Crippen molar-refractivity contribution in [1.82, 2.24) is 15.3 Å². The van der Waals surface area contributed by atoms with E-state index >= 15 is 0 Å². The van der Waals surface area contributed by atoms with Crippen LogP contribution in [0.5, 0.6) is 0 Å². The highest BCUT2D eigenvalue weighted by Crippen LogP contribution is 2.29. The third kappa shape index (κ3) is 7.45. The highest BCUT2D eigenvalue weighted by Gasteiger charge is 2.17. The zero-order chi connectivity index (χ0) is 21.9. The fourth-order valence-corrected chi connectivity index (χ4v) is 3.97. The van der Waals surface area contributed by atoms with Gasteiger partial charge in [0.15, 0.2) is 0 Å². The maximum absolute atomic E-state index is 10.6. The molecule has 31 heavy (non-hydrogen) atoms. The molecule has 0 atom stereocenters. The van der Waals surface area contributed by atoms with E-state index < -0.39 is 0 Å². The molecular formula is C23H32ClN5O2. The molecule has 7 nitrogen and oxygen atoms in total. The Morgan fingerprint density at radius 1 is 1.26 bits per heavy atom. The minimum atomic E-state index is 0.442. The molecule has 2 N–H and O–H groups in total. The van der Waals surface area contributed by atoms with Gasteiger partial charge < -0.3 is 20.3 Å². The highest BCUT2D eigenvalue weighted by atomic mass is 35.5. The van der Waals surface area contributed by atoms with Gasteiger partial charge in [-0.3, -0.25) is 4.79 Å². The second-order valence-corrected chi connectivity index (χ2v) is 8.35. The number of ether oxygens (including phenoxy) is 1. The topological polar surface area (TPSA) is 79.4 Å². The van der Waals surface area contributed by atoms with E-state index in [1.165, 1.54) is 38.5 Å². The molecule has 0 bridgehead atoms. The van der Waals surface area contributed by atoms with E-state index in [0.717, 1.165) is 49.7 Å². The molecule has 2 saturated heterocycles. The molecule has 2 aromatic rings. The smallest absolute Gasteiger partial charge is 0.212 e. The monoisotopic (exact) mass is 445 g/mol. The van der Waals surface area contributed by atoms with Gasteiger partial charge >= 0.3 is 0 Å². The molecule has 8 heteroatoms. The number of anilines is 2. The van der Waals surface area contributed by atoms with Gasteiger partial charge in [-0.2, -0.15) is 0 Å². The van der Waals surface area contributed by atoms with Crippen LogP contribution in [0.25, 0.3) is 11.3 Å². The van der Waals surface area contributed by atoms with E-state index in [1.807, 2.05) is 18.2 Å². The Bertz CT molecular complexity index is 814. The Labute approximate surface area is 189 Å². The van der Waals surface area contributed by atoms with Crippen molar-refractivity contribution in [3.05, 3.63) is 35.5 Å². The van der Waals surface area contributed by atoms with Crippen molar-refractivity contribution in [2.24, 2.45) is 5.92 Å². The summed E-state index contributed by atoms with van der Waals surface area (Å²) in [6.07, 6.45) is 8.49. The van der Waals surface area contributed by atoms with Gasteiger partial charge in [-0.15, -0.1) is 0 Å². The Kier molecular flexibility index (Phi) is 9.52. The lowest BCUT2D eigenvalue weighted by atomic mass is 10.00. The first kappa shape index (κ1) is 23.4. The van der Waals surface area contributed by atoms with Gasteiger partial charge in [0.1, 0.15) is 11.6 Å². The predicted octanol–water partition coefficient (Wildman–Crippen LogP) is 3.99. The zero-order valence-electron chi connectivity index (χ0n) is 18.1. The van der Waals surface area contributed by atoms with Gasteiger partial charge in [-0.1, -0.05) is 24.1 Å². The molecule has 0 aliphatic carbocycles.